The molecule has 0 radical (unpaired) electrons. The van der Waals surface area contributed by atoms with Crippen molar-refractivity contribution in [2.45, 2.75) is 46.1 Å². The van der Waals surface area contributed by atoms with Gasteiger partial charge in [0.1, 0.15) is 0 Å². The first-order valence-electron chi connectivity index (χ1n) is 8.10. The van der Waals surface area contributed by atoms with Crippen LogP contribution in [0.2, 0.25) is 0 Å². The van der Waals surface area contributed by atoms with Gasteiger partial charge in [0, 0.05) is 24.8 Å². The molecule has 2 heteroatoms. The highest BCUT2D eigenvalue weighted by atomic mass is 15.2. The van der Waals surface area contributed by atoms with E-state index >= 15 is 0 Å². The van der Waals surface area contributed by atoms with Crippen molar-refractivity contribution < 1.29 is 0 Å². The Hall–Kier alpha value is -1.02. The van der Waals surface area contributed by atoms with Crippen LogP contribution in [0.4, 0.5) is 5.69 Å². The van der Waals surface area contributed by atoms with Crippen LogP contribution in [0.3, 0.4) is 0 Å². The van der Waals surface area contributed by atoms with E-state index in [0.717, 1.165) is 12.5 Å². The second-order valence-corrected chi connectivity index (χ2v) is 7.58. The normalized spacial score (nSPS) is 27.8. The van der Waals surface area contributed by atoms with E-state index in [-0.39, 0.29) is 0 Å². The van der Waals surface area contributed by atoms with Gasteiger partial charge in [0.2, 0.25) is 0 Å². The molecule has 0 bridgehead atoms. The third kappa shape index (κ3) is 2.85. The molecular weight excluding hydrogens is 244 g/mol. The fourth-order valence-electron chi connectivity index (χ4n) is 3.70. The molecule has 1 N–H and O–H groups in total. The van der Waals surface area contributed by atoms with Gasteiger partial charge in [0.05, 0.1) is 0 Å². The average Bonchev–Trinajstić information content (AvgIpc) is 2.81. The van der Waals surface area contributed by atoms with Gasteiger partial charge in [-0.1, -0.05) is 39.0 Å². The van der Waals surface area contributed by atoms with Crippen LogP contribution in [0.25, 0.3) is 0 Å². The van der Waals surface area contributed by atoms with Gasteiger partial charge in [-0.15, -0.1) is 0 Å². The molecule has 1 aromatic rings. The van der Waals surface area contributed by atoms with Gasteiger partial charge in [-0.25, -0.2) is 0 Å². The molecule has 2 aliphatic heterocycles. The number of aryl methyl sites for hydroxylation is 1. The molecule has 0 aromatic heterocycles. The van der Waals surface area contributed by atoms with Gasteiger partial charge < -0.3 is 5.32 Å². The fourth-order valence-corrected chi connectivity index (χ4v) is 3.70. The van der Waals surface area contributed by atoms with Crippen LogP contribution in [0.5, 0.6) is 0 Å². The van der Waals surface area contributed by atoms with Crippen molar-refractivity contribution in [3.63, 3.8) is 0 Å². The number of benzene rings is 1. The predicted octanol–water partition coefficient (Wildman–Crippen LogP) is 3.78. The highest BCUT2D eigenvalue weighted by Gasteiger charge is 2.34. The van der Waals surface area contributed by atoms with Crippen molar-refractivity contribution in [2.24, 2.45) is 11.3 Å². The van der Waals surface area contributed by atoms with E-state index in [9.17, 15) is 0 Å². The van der Waals surface area contributed by atoms with Gasteiger partial charge in [-0.2, -0.15) is 0 Å². The molecule has 0 saturated carbocycles. The summed E-state index contributed by atoms with van der Waals surface area (Å²) in [7, 11) is 0. The smallest absolute Gasteiger partial charge is 0.0373 e. The molecule has 0 aliphatic carbocycles. The molecule has 2 unspecified atom stereocenters. The number of anilines is 1. The number of hydrogen-bond donors (Lipinski definition) is 1. The van der Waals surface area contributed by atoms with E-state index in [1.165, 1.54) is 43.6 Å². The molecule has 0 spiro atoms. The molecule has 3 rings (SSSR count). The Morgan fingerprint density at radius 2 is 1.95 bits per heavy atom. The number of rotatable bonds is 1. The van der Waals surface area contributed by atoms with Crippen LogP contribution in [0, 0.1) is 11.3 Å². The van der Waals surface area contributed by atoms with E-state index < -0.39 is 0 Å². The summed E-state index contributed by atoms with van der Waals surface area (Å²) in [4.78, 5) is 2.73. The molecule has 1 saturated heterocycles. The number of nitrogens with zero attached hydrogens (tertiary/aromatic N) is 1. The third-order valence-corrected chi connectivity index (χ3v) is 5.25. The van der Waals surface area contributed by atoms with Crippen LogP contribution in [-0.2, 0) is 6.42 Å². The Morgan fingerprint density at radius 1 is 1.15 bits per heavy atom. The fraction of sp³-hybridized carbons (Fsp3) is 0.667. The SMILES string of the molecule is CC(C)(C)C1CCN(C2CCc3ccccc3NC2)C1. The first kappa shape index (κ1) is 13.9. The molecule has 2 aliphatic rings. The van der Waals surface area contributed by atoms with Crippen molar-refractivity contribution in [1.29, 1.82) is 0 Å². The molecule has 20 heavy (non-hydrogen) atoms. The summed E-state index contributed by atoms with van der Waals surface area (Å²) in [5.74, 6) is 0.855. The van der Waals surface area contributed by atoms with Crippen molar-refractivity contribution in [3.8, 4) is 0 Å². The zero-order valence-corrected chi connectivity index (χ0v) is 13.2. The number of para-hydroxylation sites is 1. The van der Waals surface area contributed by atoms with Crippen molar-refractivity contribution >= 4 is 5.69 Å². The van der Waals surface area contributed by atoms with Gasteiger partial charge in [0.15, 0.2) is 0 Å². The van der Waals surface area contributed by atoms with E-state index in [2.05, 4.69) is 55.3 Å². The van der Waals surface area contributed by atoms with E-state index in [4.69, 9.17) is 0 Å². The summed E-state index contributed by atoms with van der Waals surface area (Å²) in [5.41, 5.74) is 3.29. The Kier molecular flexibility index (Phi) is 3.76. The molecule has 2 nitrogen and oxygen atoms in total. The van der Waals surface area contributed by atoms with Crippen molar-refractivity contribution in [3.05, 3.63) is 29.8 Å². The standard InChI is InChI=1S/C18H28N2/c1-18(2,3)15-10-11-20(13-15)16-9-8-14-6-4-5-7-17(14)19-12-16/h4-7,15-16,19H,8-13H2,1-3H3. The summed E-state index contributed by atoms with van der Waals surface area (Å²) in [5, 5.41) is 3.66. The van der Waals surface area contributed by atoms with Gasteiger partial charge in [-0.3, -0.25) is 4.90 Å². The second-order valence-electron chi connectivity index (χ2n) is 7.58. The minimum Gasteiger partial charge on any atom is -0.383 e. The minimum atomic E-state index is 0.454. The summed E-state index contributed by atoms with van der Waals surface area (Å²) in [6.07, 6.45) is 3.87. The van der Waals surface area contributed by atoms with Gasteiger partial charge >= 0.3 is 0 Å². The highest BCUT2D eigenvalue weighted by Crippen LogP contribution is 2.35. The Morgan fingerprint density at radius 3 is 2.70 bits per heavy atom. The largest absolute Gasteiger partial charge is 0.383 e. The van der Waals surface area contributed by atoms with Crippen LogP contribution < -0.4 is 5.32 Å². The molecule has 2 heterocycles. The lowest BCUT2D eigenvalue weighted by Crippen LogP contribution is -2.39. The maximum absolute atomic E-state index is 3.66. The van der Waals surface area contributed by atoms with Crippen LogP contribution in [0.15, 0.2) is 24.3 Å². The molecule has 110 valence electrons. The molecule has 2 atom stereocenters. The van der Waals surface area contributed by atoms with E-state index in [1.54, 1.807) is 0 Å². The van der Waals surface area contributed by atoms with Gasteiger partial charge in [0.25, 0.3) is 0 Å². The van der Waals surface area contributed by atoms with Crippen LogP contribution in [0.1, 0.15) is 39.2 Å². The Bertz CT molecular complexity index is 434. The van der Waals surface area contributed by atoms with Crippen molar-refractivity contribution in [2.75, 3.05) is 25.0 Å². The first-order chi connectivity index (χ1) is 9.54. The third-order valence-electron chi connectivity index (χ3n) is 5.25. The number of nitrogens with one attached hydrogen (secondary N) is 1. The minimum absolute atomic E-state index is 0.454. The molecule has 1 fully saturated rings. The molecule has 1 aromatic carbocycles. The maximum Gasteiger partial charge on any atom is 0.0373 e. The number of likely N-dealkylation sites (tertiary alicyclic amines) is 1. The monoisotopic (exact) mass is 272 g/mol. The lowest BCUT2D eigenvalue weighted by molar-refractivity contribution is 0.194. The summed E-state index contributed by atoms with van der Waals surface area (Å²) in [6, 6.07) is 9.49. The average molecular weight is 272 g/mol. The maximum atomic E-state index is 3.66. The Balaban J connectivity index is 1.64. The Labute approximate surface area is 123 Å². The topological polar surface area (TPSA) is 15.3 Å². The quantitative estimate of drug-likeness (QED) is 0.837. The highest BCUT2D eigenvalue weighted by molar-refractivity contribution is 5.52. The summed E-state index contributed by atoms with van der Waals surface area (Å²) in [6.45, 7) is 10.8. The zero-order chi connectivity index (χ0) is 14.2. The molecular formula is C18H28N2. The van der Waals surface area contributed by atoms with Crippen molar-refractivity contribution in [1.82, 2.24) is 4.90 Å². The van der Waals surface area contributed by atoms with Gasteiger partial charge in [-0.05, 0) is 48.8 Å². The van der Waals surface area contributed by atoms with E-state index in [0.29, 0.717) is 11.5 Å². The molecule has 0 amide bonds. The lowest BCUT2D eigenvalue weighted by Gasteiger charge is -2.30. The van der Waals surface area contributed by atoms with Crippen LogP contribution in [-0.4, -0.2) is 30.6 Å². The number of fused-ring (bicyclic) bond motifs is 1. The lowest BCUT2D eigenvalue weighted by atomic mass is 9.80. The zero-order valence-electron chi connectivity index (χ0n) is 13.2. The van der Waals surface area contributed by atoms with E-state index in [1.807, 2.05) is 0 Å². The number of hydrogen-bond acceptors (Lipinski definition) is 2. The first-order valence-corrected chi connectivity index (χ1v) is 8.10. The summed E-state index contributed by atoms with van der Waals surface area (Å²) >= 11 is 0. The van der Waals surface area contributed by atoms with Crippen LogP contribution >= 0.6 is 0 Å². The second kappa shape index (κ2) is 5.40. The summed E-state index contributed by atoms with van der Waals surface area (Å²) < 4.78 is 0. The predicted molar refractivity (Wildman–Crippen MR) is 86.2 cm³/mol.